The monoisotopic (exact) mass is 212 g/mol. The van der Waals surface area contributed by atoms with E-state index in [2.05, 4.69) is 5.32 Å². The van der Waals surface area contributed by atoms with Gasteiger partial charge in [0, 0.05) is 6.04 Å². The molecule has 1 saturated heterocycles. The van der Waals surface area contributed by atoms with Gasteiger partial charge in [-0.3, -0.25) is 4.79 Å². The van der Waals surface area contributed by atoms with Crippen molar-refractivity contribution in [2.45, 2.75) is 32.7 Å². The Morgan fingerprint density at radius 1 is 1.50 bits per heavy atom. The van der Waals surface area contributed by atoms with Gasteiger partial charge in [0.2, 0.25) is 5.91 Å². The van der Waals surface area contributed by atoms with Crippen LogP contribution in [0, 0.1) is 16.7 Å². The molecule has 1 amide bonds. The first-order valence-electron chi connectivity index (χ1n) is 4.86. The minimum atomic E-state index is -0.898. The fraction of sp³-hybridized carbons (Fsp3) is 0.800. The number of amides is 1. The Kier molecular flexibility index (Phi) is 3.82. The fourth-order valence-electron chi connectivity index (χ4n) is 1.26. The van der Waals surface area contributed by atoms with E-state index in [1.807, 2.05) is 17.8 Å². The molecule has 0 aromatic heterocycles. The molecular formula is C10H16N2OS. The van der Waals surface area contributed by atoms with Crippen LogP contribution in [0.2, 0.25) is 0 Å². The van der Waals surface area contributed by atoms with Crippen molar-refractivity contribution in [2.24, 2.45) is 5.41 Å². The van der Waals surface area contributed by atoms with Crippen LogP contribution in [0.3, 0.4) is 0 Å². The van der Waals surface area contributed by atoms with Crippen LogP contribution in [-0.2, 0) is 4.79 Å². The number of carbonyl (C=O) groups is 1. The summed E-state index contributed by atoms with van der Waals surface area (Å²) < 4.78 is 0. The first-order chi connectivity index (χ1) is 6.56. The molecule has 1 fully saturated rings. The van der Waals surface area contributed by atoms with E-state index in [9.17, 15) is 4.79 Å². The van der Waals surface area contributed by atoms with Gasteiger partial charge in [-0.05, 0) is 38.2 Å². The number of hydrogen-bond acceptors (Lipinski definition) is 3. The zero-order valence-corrected chi connectivity index (χ0v) is 9.49. The highest BCUT2D eigenvalue weighted by molar-refractivity contribution is 7.99. The van der Waals surface area contributed by atoms with Crippen LogP contribution in [0.1, 0.15) is 26.7 Å². The number of nitrogens with one attached hydrogen (secondary N) is 1. The van der Waals surface area contributed by atoms with E-state index in [0.717, 1.165) is 24.3 Å². The highest BCUT2D eigenvalue weighted by atomic mass is 32.2. The average molecular weight is 212 g/mol. The van der Waals surface area contributed by atoms with E-state index < -0.39 is 5.41 Å². The predicted molar refractivity (Wildman–Crippen MR) is 57.9 cm³/mol. The van der Waals surface area contributed by atoms with Crippen LogP contribution in [0.4, 0.5) is 0 Å². The van der Waals surface area contributed by atoms with E-state index in [0.29, 0.717) is 0 Å². The molecule has 0 saturated carbocycles. The molecule has 0 spiro atoms. The molecule has 0 radical (unpaired) electrons. The first kappa shape index (κ1) is 11.4. The molecule has 3 nitrogen and oxygen atoms in total. The Labute approximate surface area is 89.2 Å². The quantitative estimate of drug-likeness (QED) is 0.755. The molecule has 1 N–H and O–H groups in total. The lowest BCUT2D eigenvalue weighted by atomic mass is 9.94. The molecule has 14 heavy (non-hydrogen) atoms. The Morgan fingerprint density at radius 2 is 2.07 bits per heavy atom. The second-order valence-corrected chi connectivity index (χ2v) is 5.32. The Morgan fingerprint density at radius 3 is 2.57 bits per heavy atom. The van der Waals surface area contributed by atoms with Gasteiger partial charge in [0.15, 0.2) is 0 Å². The van der Waals surface area contributed by atoms with Gasteiger partial charge >= 0.3 is 0 Å². The molecule has 0 aromatic rings. The third-order valence-corrected chi connectivity index (χ3v) is 3.45. The molecule has 1 heterocycles. The summed E-state index contributed by atoms with van der Waals surface area (Å²) in [4.78, 5) is 11.6. The highest BCUT2D eigenvalue weighted by Gasteiger charge is 2.29. The van der Waals surface area contributed by atoms with Crippen LogP contribution in [0.15, 0.2) is 0 Å². The maximum atomic E-state index is 11.6. The van der Waals surface area contributed by atoms with Crippen molar-refractivity contribution >= 4 is 17.7 Å². The van der Waals surface area contributed by atoms with Gasteiger partial charge in [0.05, 0.1) is 6.07 Å². The summed E-state index contributed by atoms with van der Waals surface area (Å²) in [6, 6.07) is 2.29. The number of hydrogen-bond donors (Lipinski definition) is 1. The smallest absolute Gasteiger partial charge is 0.240 e. The van der Waals surface area contributed by atoms with Gasteiger partial charge in [-0.2, -0.15) is 17.0 Å². The van der Waals surface area contributed by atoms with Crippen molar-refractivity contribution in [3.8, 4) is 6.07 Å². The zero-order valence-electron chi connectivity index (χ0n) is 8.67. The fourth-order valence-corrected chi connectivity index (χ4v) is 2.37. The van der Waals surface area contributed by atoms with Gasteiger partial charge in [0.1, 0.15) is 5.41 Å². The molecule has 0 unspecified atom stereocenters. The number of rotatable bonds is 2. The molecule has 0 aromatic carbocycles. The normalized spacial score (nSPS) is 18.6. The van der Waals surface area contributed by atoms with Crippen LogP contribution in [0.25, 0.3) is 0 Å². The third kappa shape index (κ3) is 2.91. The largest absolute Gasteiger partial charge is 0.352 e. The lowest BCUT2D eigenvalue weighted by Gasteiger charge is -2.25. The van der Waals surface area contributed by atoms with Crippen LogP contribution in [0.5, 0.6) is 0 Å². The van der Waals surface area contributed by atoms with E-state index in [4.69, 9.17) is 5.26 Å². The minimum absolute atomic E-state index is 0.142. The lowest BCUT2D eigenvalue weighted by molar-refractivity contribution is -0.127. The molecule has 78 valence electrons. The molecule has 1 aliphatic heterocycles. The van der Waals surface area contributed by atoms with Crippen molar-refractivity contribution in [3.63, 3.8) is 0 Å². The SMILES string of the molecule is CC(C)(C#N)C(=O)NC1CCSCC1. The van der Waals surface area contributed by atoms with Crippen LogP contribution in [-0.4, -0.2) is 23.5 Å². The first-order valence-corrected chi connectivity index (χ1v) is 6.01. The maximum Gasteiger partial charge on any atom is 0.240 e. The number of thioether (sulfide) groups is 1. The summed E-state index contributed by atoms with van der Waals surface area (Å²) >= 11 is 1.92. The van der Waals surface area contributed by atoms with Gasteiger partial charge in [-0.1, -0.05) is 0 Å². The second-order valence-electron chi connectivity index (χ2n) is 4.10. The standard InChI is InChI=1S/C10H16N2OS/c1-10(2,7-11)9(13)12-8-3-5-14-6-4-8/h8H,3-6H2,1-2H3,(H,12,13). The van der Waals surface area contributed by atoms with Gasteiger partial charge in [-0.25, -0.2) is 0 Å². The Hall–Kier alpha value is -0.690. The van der Waals surface area contributed by atoms with E-state index in [-0.39, 0.29) is 11.9 Å². The van der Waals surface area contributed by atoms with Crippen LogP contribution < -0.4 is 5.32 Å². The predicted octanol–water partition coefficient (Wildman–Crippen LogP) is 1.55. The number of carbonyl (C=O) groups excluding carboxylic acids is 1. The molecule has 1 aliphatic rings. The van der Waals surface area contributed by atoms with E-state index >= 15 is 0 Å². The summed E-state index contributed by atoms with van der Waals surface area (Å²) in [6.45, 7) is 3.31. The van der Waals surface area contributed by atoms with Gasteiger partial charge in [0.25, 0.3) is 0 Å². The average Bonchev–Trinajstić information content (AvgIpc) is 2.19. The molecule has 4 heteroatoms. The van der Waals surface area contributed by atoms with Crippen molar-refractivity contribution in [1.82, 2.24) is 5.32 Å². The minimum Gasteiger partial charge on any atom is -0.352 e. The summed E-state index contributed by atoms with van der Waals surface area (Å²) in [5.74, 6) is 2.08. The Balaban J connectivity index is 2.44. The number of nitrogens with zero attached hydrogens (tertiary/aromatic N) is 1. The topological polar surface area (TPSA) is 52.9 Å². The van der Waals surface area contributed by atoms with Gasteiger partial charge < -0.3 is 5.32 Å². The molecular weight excluding hydrogens is 196 g/mol. The van der Waals surface area contributed by atoms with Crippen molar-refractivity contribution in [2.75, 3.05) is 11.5 Å². The second kappa shape index (κ2) is 4.70. The third-order valence-electron chi connectivity index (χ3n) is 2.40. The van der Waals surface area contributed by atoms with E-state index in [1.54, 1.807) is 13.8 Å². The lowest BCUT2D eigenvalue weighted by Crippen LogP contribution is -2.43. The van der Waals surface area contributed by atoms with Crippen molar-refractivity contribution in [3.05, 3.63) is 0 Å². The summed E-state index contributed by atoms with van der Waals surface area (Å²) in [7, 11) is 0. The highest BCUT2D eigenvalue weighted by Crippen LogP contribution is 2.19. The summed E-state index contributed by atoms with van der Waals surface area (Å²) in [5.41, 5.74) is -0.898. The summed E-state index contributed by atoms with van der Waals surface area (Å²) in [5, 5.41) is 11.7. The van der Waals surface area contributed by atoms with Crippen molar-refractivity contribution in [1.29, 1.82) is 5.26 Å². The van der Waals surface area contributed by atoms with Crippen molar-refractivity contribution < 1.29 is 4.79 Å². The zero-order chi connectivity index (χ0) is 10.6. The molecule has 0 aliphatic carbocycles. The number of nitriles is 1. The van der Waals surface area contributed by atoms with Crippen LogP contribution >= 0.6 is 11.8 Å². The van der Waals surface area contributed by atoms with Gasteiger partial charge in [-0.15, -0.1) is 0 Å². The Bertz CT molecular complexity index is 251. The summed E-state index contributed by atoms with van der Waals surface area (Å²) in [6.07, 6.45) is 2.05. The maximum absolute atomic E-state index is 11.6. The molecule has 0 atom stereocenters. The molecule has 1 rings (SSSR count). The van der Waals surface area contributed by atoms with E-state index in [1.165, 1.54) is 0 Å². The molecule has 0 bridgehead atoms.